The highest BCUT2D eigenvalue weighted by molar-refractivity contribution is 6.37. The van der Waals surface area contributed by atoms with E-state index in [0.717, 1.165) is 0 Å². The molecule has 0 aromatic heterocycles. The van der Waals surface area contributed by atoms with E-state index in [2.05, 4.69) is 6.58 Å². The molecular formula is C20H18Cl2N2O3. The van der Waals surface area contributed by atoms with Gasteiger partial charge >= 0.3 is 0 Å². The van der Waals surface area contributed by atoms with Crippen molar-refractivity contribution in [1.82, 2.24) is 9.80 Å². The van der Waals surface area contributed by atoms with Crippen LogP contribution < -0.4 is 0 Å². The van der Waals surface area contributed by atoms with Gasteiger partial charge in [0.25, 0.3) is 5.91 Å². The van der Waals surface area contributed by atoms with Crippen LogP contribution in [0.15, 0.2) is 49.1 Å². The third kappa shape index (κ3) is 3.94. The first-order chi connectivity index (χ1) is 12.9. The number of carbonyl (C=O) groups excluding carboxylic acids is 2. The second-order valence-electron chi connectivity index (χ2n) is 6.15. The summed E-state index contributed by atoms with van der Waals surface area (Å²) in [5.74, 6) is -0.521. The van der Waals surface area contributed by atoms with Crippen molar-refractivity contribution in [3.63, 3.8) is 0 Å². The molecule has 1 aliphatic rings. The molecule has 1 heterocycles. The van der Waals surface area contributed by atoms with E-state index in [4.69, 9.17) is 23.2 Å². The maximum absolute atomic E-state index is 13.1. The number of amides is 2. The van der Waals surface area contributed by atoms with E-state index in [9.17, 15) is 14.7 Å². The van der Waals surface area contributed by atoms with Crippen LogP contribution in [0.5, 0.6) is 5.75 Å². The fraction of sp³-hybridized carbons (Fsp3) is 0.200. The van der Waals surface area contributed by atoms with Gasteiger partial charge in [0, 0.05) is 42.3 Å². The summed E-state index contributed by atoms with van der Waals surface area (Å²) < 4.78 is 0. The van der Waals surface area contributed by atoms with Crippen LogP contribution in [0.2, 0.25) is 10.0 Å². The molecule has 2 aromatic carbocycles. The Labute approximate surface area is 167 Å². The lowest BCUT2D eigenvalue weighted by molar-refractivity contribution is -0.127. The molecule has 0 aliphatic carbocycles. The van der Waals surface area contributed by atoms with Gasteiger partial charge in [0.15, 0.2) is 0 Å². The molecule has 0 atom stereocenters. The molecule has 3 rings (SSSR count). The van der Waals surface area contributed by atoms with Gasteiger partial charge in [0.05, 0.1) is 10.6 Å². The average molecular weight is 405 g/mol. The van der Waals surface area contributed by atoms with Crippen LogP contribution in [0.25, 0.3) is 11.1 Å². The molecule has 0 spiro atoms. The minimum absolute atomic E-state index is 0.0976. The van der Waals surface area contributed by atoms with Gasteiger partial charge in [0.2, 0.25) is 5.91 Å². The predicted molar refractivity (Wildman–Crippen MR) is 106 cm³/mol. The Kier molecular flexibility index (Phi) is 5.73. The van der Waals surface area contributed by atoms with Gasteiger partial charge in [-0.3, -0.25) is 9.59 Å². The smallest absolute Gasteiger partial charge is 0.254 e. The van der Waals surface area contributed by atoms with E-state index in [-0.39, 0.29) is 28.1 Å². The second kappa shape index (κ2) is 8.03. The van der Waals surface area contributed by atoms with Crippen molar-refractivity contribution in [1.29, 1.82) is 0 Å². The summed E-state index contributed by atoms with van der Waals surface area (Å²) in [5, 5.41) is 10.7. The van der Waals surface area contributed by atoms with Gasteiger partial charge in [-0.15, -0.1) is 0 Å². The number of benzene rings is 2. The molecule has 5 nitrogen and oxygen atoms in total. The molecule has 27 heavy (non-hydrogen) atoms. The fourth-order valence-corrected chi connectivity index (χ4v) is 3.67. The van der Waals surface area contributed by atoms with Crippen LogP contribution in [-0.2, 0) is 4.79 Å². The van der Waals surface area contributed by atoms with Crippen molar-refractivity contribution in [3.8, 4) is 16.9 Å². The molecule has 7 heteroatoms. The highest BCUT2D eigenvalue weighted by Crippen LogP contribution is 2.38. The van der Waals surface area contributed by atoms with Crippen molar-refractivity contribution in [2.45, 2.75) is 0 Å². The molecule has 0 unspecified atom stereocenters. The first-order valence-electron chi connectivity index (χ1n) is 8.40. The van der Waals surface area contributed by atoms with E-state index < -0.39 is 0 Å². The van der Waals surface area contributed by atoms with E-state index >= 15 is 0 Å². The third-order valence-corrected chi connectivity index (χ3v) is 5.13. The summed E-state index contributed by atoms with van der Waals surface area (Å²) in [6, 6.07) is 9.87. The number of phenolic OH excluding ortho intramolecular Hbond substituents is 1. The molecule has 2 aromatic rings. The topological polar surface area (TPSA) is 60.9 Å². The van der Waals surface area contributed by atoms with Gasteiger partial charge in [-0.05, 0) is 24.3 Å². The molecular weight excluding hydrogens is 387 g/mol. The zero-order chi connectivity index (χ0) is 19.6. The number of halogens is 2. The normalized spacial score (nSPS) is 14.1. The Balaban J connectivity index is 1.95. The highest BCUT2D eigenvalue weighted by atomic mass is 35.5. The van der Waals surface area contributed by atoms with Gasteiger partial charge < -0.3 is 14.9 Å². The predicted octanol–water partition coefficient (Wildman–Crippen LogP) is 3.84. The van der Waals surface area contributed by atoms with Crippen molar-refractivity contribution in [3.05, 3.63) is 64.7 Å². The number of carbonyl (C=O) groups is 2. The Morgan fingerprint density at radius 2 is 1.63 bits per heavy atom. The summed E-state index contributed by atoms with van der Waals surface area (Å²) in [4.78, 5) is 28.1. The van der Waals surface area contributed by atoms with Gasteiger partial charge in [-0.25, -0.2) is 0 Å². The summed E-state index contributed by atoms with van der Waals surface area (Å²) in [5.41, 5.74) is 1.37. The number of piperazine rings is 1. The van der Waals surface area contributed by atoms with Crippen molar-refractivity contribution < 1.29 is 14.7 Å². The lowest BCUT2D eigenvalue weighted by Gasteiger charge is -2.34. The van der Waals surface area contributed by atoms with E-state index in [0.29, 0.717) is 42.3 Å². The maximum Gasteiger partial charge on any atom is 0.254 e. The van der Waals surface area contributed by atoms with E-state index in [1.54, 1.807) is 34.1 Å². The van der Waals surface area contributed by atoms with Crippen molar-refractivity contribution in [2.75, 3.05) is 26.2 Å². The van der Waals surface area contributed by atoms with Crippen molar-refractivity contribution >= 4 is 35.0 Å². The highest BCUT2D eigenvalue weighted by Gasteiger charge is 2.27. The Bertz CT molecular complexity index is 906. The quantitative estimate of drug-likeness (QED) is 0.790. The largest absolute Gasteiger partial charge is 0.508 e. The number of aromatic hydroxyl groups is 1. The fourth-order valence-electron chi connectivity index (χ4n) is 3.13. The number of phenols is 1. The molecule has 0 saturated carbocycles. The SMILES string of the molecule is C=CC(=O)N1CCN(C(=O)c2cc(O)cc(Cl)c2-c2ccccc2Cl)CC1. The summed E-state index contributed by atoms with van der Waals surface area (Å²) in [7, 11) is 0. The average Bonchev–Trinajstić information content (AvgIpc) is 2.67. The molecule has 1 saturated heterocycles. The molecule has 1 aliphatic heterocycles. The van der Waals surface area contributed by atoms with Gasteiger partial charge in [0.1, 0.15) is 5.75 Å². The van der Waals surface area contributed by atoms with Crippen molar-refractivity contribution in [2.24, 2.45) is 0 Å². The van der Waals surface area contributed by atoms with Crippen LogP contribution in [0.3, 0.4) is 0 Å². The number of nitrogens with zero attached hydrogens (tertiary/aromatic N) is 2. The minimum Gasteiger partial charge on any atom is -0.508 e. The molecule has 1 N–H and O–H groups in total. The van der Waals surface area contributed by atoms with Crippen LogP contribution in [-0.4, -0.2) is 52.9 Å². The zero-order valence-corrected chi connectivity index (χ0v) is 16.0. The Morgan fingerprint density at radius 3 is 2.26 bits per heavy atom. The molecule has 0 radical (unpaired) electrons. The van der Waals surface area contributed by atoms with Crippen LogP contribution in [0, 0.1) is 0 Å². The molecule has 1 fully saturated rings. The lowest BCUT2D eigenvalue weighted by atomic mass is 9.98. The summed E-state index contributed by atoms with van der Waals surface area (Å²) in [6.07, 6.45) is 1.27. The summed E-state index contributed by atoms with van der Waals surface area (Å²) in [6.45, 7) is 5.09. The number of hydrogen-bond donors (Lipinski definition) is 1. The van der Waals surface area contributed by atoms with Crippen LogP contribution in [0.1, 0.15) is 10.4 Å². The Morgan fingerprint density at radius 1 is 1.00 bits per heavy atom. The van der Waals surface area contributed by atoms with Gasteiger partial charge in [-0.2, -0.15) is 0 Å². The van der Waals surface area contributed by atoms with E-state index in [1.807, 2.05) is 0 Å². The minimum atomic E-state index is -0.270. The van der Waals surface area contributed by atoms with E-state index in [1.165, 1.54) is 18.2 Å². The van der Waals surface area contributed by atoms with Crippen LogP contribution >= 0.6 is 23.2 Å². The third-order valence-electron chi connectivity index (χ3n) is 4.50. The first-order valence-corrected chi connectivity index (χ1v) is 9.16. The molecule has 140 valence electrons. The number of rotatable bonds is 3. The maximum atomic E-state index is 13.1. The monoisotopic (exact) mass is 404 g/mol. The Hall–Kier alpha value is -2.50. The molecule has 0 bridgehead atoms. The lowest BCUT2D eigenvalue weighted by Crippen LogP contribution is -2.50. The number of hydrogen-bond acceptors (Lipinski definition) is 3. The summed E-state index contributed by atoms with van der Waals surface area (Å²) >= 11 is 12.7. The second-order valence-corrected chi connectivity index (χ2v) is 6.97. The first kappa shape index (κ1) is 19.3. The zero-order valence-electron chi connectivity index (χ0n) is 14.5. The molecule has 2 amide bonds. The van der Waals surface area contributed by atoms with Gasteiger partial charge in [-0.1, -0.05) is 48.0 Å². The van der Waals surface area contributed by atoms with Crippen LogP contribution in [0.4, 0.5) is 0 Å². The standard InChI is InChI=1S/C20H18Cl2N2O3/c1-2-18(26)23-7-9-24(10-8-23)20(27)15-11-13(25)12-17(22)19(15)14-5-3-4-6-16(14)21/h2-6,11-12,25H,1,7-10H2.